The van der Waals surface area contributed by atoms with Crippen molar-refractivity contribution in [3.63, 3.8) is 0 Å². The van der Waals surface area contributed by atoms with E-state index in [4.69, 9.17) is 18.9 Å². The Balaban J connectivity index is 2.19. The lowest BCUT2D eigenvalue weighted by Crippen LogP contribution is -2.46. The molecule has 0 aliphatic heterocycles. The zero-order valence-corrected chi connectivity index (χ0v) is 13.7. The van der Waals surface area contributed by atoms with E-state index >= 15 is 4.39 Å². The van der Waals surface area contributed by atoms with Gasteiger partial charge in [0.1, 0.15) is 6.10 Å². The van der Waals surface area contributed by atoms with E-state index in [1.807, 2.05) is 0 Å². The number of carbonyl (C=O) groups is 1. The highest BCUT2D eigenvalue weighted by Gasteiger charge is 2.53. The molecule has 0 bridgehead atoms. The number of nitrogens with zero attached hydrogens (tertiary/aromatic N) is 2. The van der Waals surface area contributed by atoms with Crippen LogP contribution in [-0.2, 0) is 9.53 Å². The maximum absolute atomic E-state index is 15.1. The second-order valence-corrected chi connectivity index (χ2v) is 5.55. The summed E-state index contributed by atoms with van der Waals surface area (Å²) in [6.07, 6.45) is -0.484. The van der Waals surface area contributed by atoms with Crippen LogP contribution in [0.2, 0.25) is 0 Å². The molecule has 0 aromatic carbocycles. The van der Waals surface area contributed by atoms with Crippen LogP contribution in [0.15, 0.2) is 6.07 Å². The Morgan fingerprint density at radius 2 is 1.91 bits per heavy atom. The second-order valence-electron chi connectivity index (χ2n) is 5.55. The molecule has 1 saturated carbocycles. The molecule has 128 valence electrons. The summed E-state index contributed by atoms with van der Waals surface area (Å²) < 4.78 is 35.6. The van der Waals surface area contributed by atoms with Crippen molar-refractivity contribution in [2.24, 2.45) is 0 Å². The van der Waals surface area contributed by atoms with Gasteiger partial charge in [-0.3, -0.25) is 0 Å². The summed E-state index contributed by atoms with van der Waals surface area (Å²) in [6, 6.07) is 1.37. The molecule has 1 heterocycles. The smallest absolute Gasteiger partial charge is 0.348 e. The van der Waals surface area contributed by atoms with Gasteiger partial charge in [0.2, 0.25) is 17.4 Å². The fourth-order valence-corrected chi connectivity index (χ4v) is 2.41. The maximum Gasteiger partial charge on any atom is 0.348 e. The Kier molecular flexibility index (Phi) is 5.23. The van der Waals surface area contributed by atoms with E-state index in [0.717, 1.165) is 0 Å². The first-order valence-electron chi connectivity index (χ1n) is 7.42. The SMILES string of the molecule is COc1cc(OC)nc(OC2CCCC2(F)C(=O)OC(C)C)n1. The molecule has 1 aromatic heterocycles. The van der Waals surface area contributed by atoms with Gasteiger partial charge in [0.15, 0.2) is 0 Å². The van der Waals surface area contributed by atoms with Crippen LogP contribution in [0.25, 0.3) is 0 Å². The number of methoxy groups -OCH3 is 2. The number of hydrogen-bond donors (Lipinski definition) is 0. The molecule has 2 unspecified atom stereocenters. The molecule has 23 heavy (non-hydrogen) atoms. The third-order valence-corrected chi connectivity index (χ3v) is 3.52. The lowest BCUT2D eigenvalue weighted by molar-refractivity contribution is -0.167. The van der Waals surface area contributed by atoms with Crippen molar-refractivity contribution in [1.82, 2.24) is 9.97 Å². The number of hydrogen-bond acceptors (Lipinski definition) is 7. The topological polar surface area (TPSA) is 79.8 Å². The Hall–Kier alpha value is -2.12. The predicted octanol–water partition coefficient (Wildman–Crippen LogP) is 2.08. The van der Waals surface area contributed by atoms with Gasteiger partial charge in [-0.25, -0.2) is 9.18 Å². The van der Waals surface area contributed by atoms with Gasteiger partial charge in [-0.1, -0.05) is 0 Å². The zero-order chi connectivity index (χ0) is 17.0. The molecule has 7 nitrogen and oxygen atoms in total. The van der Waals surface area contributed by atoms with Gasteiger partial charge in [-0.2, -0.15) is 9.97 Å². The predicted molar refractivity (Wildman–Crippen MR) is 78.5 cm³/mol. The summed E-state index contributed by atoms with van der Waals surface area (Å²) in [5, 5.41) is 0. The van der Waals surface area contributed by atoms with Crippen LogP contribution in [0.5, 0.6) is 17.8 Å². The van der Waals surface area contributed by atoms with Gasteiger partial charge in [0, 0.05) is 0 Å². The zero-order valence-electron chi connectivity index (χ0n) is 13.7. The first-order chi connectivity index (χ1) is 10.9. The van der Waals surface area contributed by atoms with E-state index in [2.05, 4.69) is 9.97 Å². The van der Waals surface area contributed by atoms with E-state index in [-0.39, 0.29) is 24.2 Å². The van der Waals surface area contributed by atoms with Gasteiger partial charge in [-0.15, -0.1) is 0 Å². The lowest BCUT2D eigenvalue weighted by Gasteiger charge is -2.26. The third kappa shape index (κ3) is 3.80. The minimum absolute atomic E-state index is 0.0460. The number of aromatic nitrogens is 2. The number of ether oxygens (including phenoxy) is 4. The highest BCUT2D eigenvalue weighted by molar-refractivity contribution is 5.81. The molecule has 0 spiro atoms. The normalized spacial score (nSPS) is 23.7. The molecule has 0 amide bonds. The Morgan fingerprint density at radius 3 is 2.43 bits per heavy atom. The summed E-state index contributed by atoms with van der Waals surface area (Å²) in [6.45, 7) is 3.34. The Morgan fingerprint density at radius 1 is 1.30 bits per heavy atom. The van der Waals surface area contributed by atoms with Crippen LogP contribution in [0.1, 0.15) is 33.1 Å². The van der Waals surface area contributed by atoms with Crippen molar-refractivity contribution >= 4 is 5.97 Å². The molecule has 1 fully saturated rings. The number of esters is 1. The van der Waals surface area contributed by atoms with Crippen LogP contribution in [0, 0.1) is 0 Å². The highest BCUT2D eigenvalue weighted by atomic mass is 19.1. The highest BCUT2D eigenvalue weighted by Crippen LogP contribution is 2.38. The molecular formula is C15H21FN2O5. The monoisotopic (exact) mass is 328 g/mol. The number of carbonyl (C=O) groups excluding carboxylic acids is 1. The quantitative estimate of drug-likeness (QED) is 0.740. The van der Waals surface area contributed by atoms with Crippen molar-refractivity contribution in [2.45, 2.75) is 51.0 Å². The van der Waals surface area contributed by atoms with Gasteiger partial charge in [0.05, 0.1) is 26.4 Å². The summed E-state index contributed by atoms with van der Waals surface area (Å²) in [7, 11) is 2.86. The van der Waals surface area contributed by atoms with E-state index in [1.165, 1.54) is 20.3 Å². The average molecular weight is 328 g/mol. The molecule has 0 radical (unpaired) electrons. The molecule has 2 rings (SSSR count). The van der Waals surface area contributed by atoms with E-state index < -0.39 is 23.8 Å². The minimum atomic E-state index is -2.20. The van der Waals surface area contributed by atoms with Gasteiger partial charge in [-0.05, 0) is 33.1 Å². The van der Waals surface area contributed by atoms with Crippen molar-refractivity contribution in [3.05, 3.63) is 6.07 Å². The second kappa shape index (κ2) is 6.97. The average Bonchev–Trinajstić information content (AvgIpc) is 2.88. The fourth-order valence-electron chi connectivity index (χ4n) is 2.41. The maximum atomic E-state index is 15.1. The van der Waals surface area contributed by atoms with Crippen LogP contribution >= 0.6 is 0 Å². The summed E-state index contributed by atoms with van der Waals surface area (Å²) in [5.41, 5.74) is -2.20. The minimum Gasteiger partial charge on any atom is -0.481 e. The Bertz CT molecular complexity index is 547. The van der Waals surface area contributed by atoms with Crippen molar-refractivity contribution < 1.29 is 28.1 Å². The lowest BCUT2D eigenvalue weighted by atomic mass is 10.0. The van der Waals surface area contributed by atoms with E-state index in [1.54, 1.807) is 13.8 Å². The van der Waals surface area contributed by atoms with Gasteiger partial charge < -0.3 is 18.9 Å². The summed E-state index contributed by atoms with van der Waals surface area (Å²) in [4.78, 5) is 20.0. The van der Waals surface area contributed by atoms with Crippen LogP contribution < -0.4 is 14.2 Å². The summed E-state index contributed by atoms with van der Waals surface area (Å²) in [5.74, 6) is -0.469. The van der Waals surface area contributed by atoms with Crippen molar-refractivity contribution in [3.8, 4) is 17.8 Å². The van der Waals surface area contributed by atoms with Gasteiger partial charge in [0.25, 0.3) is 0 Å². The molecule has 0 N–H and O–H groups in total. The number of alkyl halides is 1. The third-order valence-electron chi connectivity index (χ3n) is 3.52. The molecule has 8 heteroatoms. The molecular weight excluding hydrogens is 307 g/mol. The fraction of sp³-hybridized carbons (Fsp3) is 0.667. The number of halogens is 1. The molecule has 1 aromatic rings. The Labute approximate surface area is 134 Å². The van der Waals surface area contributed by atoms with E-state index in [0.29, 0.717) is 12.8 Å². The van der Waals surface area contributed by atoms with E-state index in [9.17, 15) is 4.79 Å². The first-order valence-corrected chi connectivity index (χ1v) is 7.42. The largest absolute Gasteiger partial charge is 0.481 e. The number of rotatable bonds is 6. The standard InChI is InChI=1S/C15H21FN2O5/c1-9(2)22-13(19)15(16)7-5-6-10(15)23-14-17-11(20-3)8-12(18-14)21-4/h8-10H,5-7H2,1-4H3. The summed E-state index contributed by atoms with van der Waals surface area (Å²) >= 11 is 0. The molecule has 1 aliphatic rings. The first kappa shape index (κ1) is 17.2. The molecule has 0 saturated heterocycles. The van der Waals surface area contributed by atoms with Crippen LogP contribution in [0.3, 0.4) is 0 Å². The van der Waals surface area contributed by atoms with Crippen molar-refractivity contribution in [2.75, 3.05) is 14.2 Å². The molecule has 1 aliphatic carbocycles. The van der Waals surface area contributed by atoms with Gasteiger partial charge >= 0.3 is 12.0 Å². The van der Waals surface area contributed by atoms with Crippen LogP contribution in [0.4, 0.5) is 4.39 Å². The van der Waals surface area contributed by atoms with Crippen LogP contribution in [-0.4, -0.2) is 48.0 Å². The van der Waals surface area contributed by atoms with Crippen molar-refractivity contribution in [1.29, 1.82) is 0 Å². The molecule has 2 atom stereocenters.